The molecule has 0 aromatic heterocycles. The van der Waals surface area contributed by atoms with E-state index in [4.69, 9.17) is 0 Å². The molecule has 4 aliphatic carbocycles. The number of hydrogen-bond acceptors (Lipinski definition) is 0. The van der Waals surface area contributed by atoms with E-state index in [-0.39, 0.29) is 0 Å². The predicted molar refractivity (Wildman–Crippen MR) is 136 cm³/mol. The summed E-state index contributed by atoms with van der Waals surface area (Å²) in [7, 11) is 0. The van der Waals surface area contributed by atoms with Gasteiger partial charge >= 0.3 is 0 Å². The van der Waals surface area contributed by atoms with Gasteiger partial charge in [-0.05, 0) is 114 Å². The van der Waals surface area contributed by atoms with Crippen LogP contribution in [0.1, 0.15) is 121 Å². The first-order valence-electron chi connectivity index (χ1n) is 14.2. The molecule has 4 rings (SSSR count). The van der Waals surface area contributed by atoms with Crippen LogP contribution in [-0.2, 0) is 0 Å². The van der Waals surface area contributed by atoms with Crippen molar-refractivity contribution in [2.24, 2.45) is 75.4 Å². The number of fused-ring (bicyclic) bond motifs is 3. The lowest BCUT2D eigenvalue weighted by molar-refractivity contribution is -0.00873. The SMILES string of the molecule is CC1CC2C(CC1C(C)(C)C)C1CC(C(C)(C)C)C(C)CC1C2C(C)(C)C1CCCC1. The van der Waals surface area contributed by atoms with Gasteiger partial charge in [0.05, 0.1) is 0 Å². The maximum atomic E-state index is 2.73. The molecule has 0 radical (unpaired) electrons. The molecule has 0 saturated heterocycles. The molecule has 0 spiro atoms. The van der Waals surface area contributed by atoms with E-state index in [2.05, 4.69) is 69.2 Å². The van der Waals surface area contributed by atoms with Gasteiger partial charge in [-0.2, -0.15) is 0 Å². The Bertz CT molecular complexity index is 579. The zero-order chi connectivity index (χ0) is 22.9. The highest BCUT2D eigenvalue weighted by Gasteiger charge is 2.61. The molecule has 4 saturated carbocycles. The molecule has 8 unspecified atom stereocenters. The lowest BCUT2D eigenvalue weighted by Gasteiger charge is -2.49. The Kier molecular flexibility index (Phi) is 6.26. The molecule has 0 nitrogen and oxygen atoms in total. The highest BCUT2D eigenvalue weighted by molar-refractivity contribution is 5.10. The van der Waals surface area contributed by atoms with Crippen molar-refractivity contribution in [3.63, 3.8) is 0 Å². The van der Waals surface area contributed by atoms with Crippen molar-refractivity contribution < 1.29 is 0 Å². The van der Waals surface area contributed by atoms with Crippen LogP contribution in [0.5, 0.6) is 0 Å². The largest absolute Gasteiger partial charge is 0.0622 e. The molecular formula is C31H56. The second-order valence-corrected chi connectivity index (χ2v) is 15.8. The summed E-state index contributed by atoms with van der Waals surface area (Å²) in [5, 5.41) is 0. The summed E-state index contributed by atoms with van der Waals surface area (Å²) in [6.07, 6.45) is 12.1. The third kappa shape index (κ3) is 4.18. The summed E-state index contributed by atoms with van der Waals surface area (Å²) < 4.78 is 0. The van der Waals surface area contributed by atoms with Crippen LogP contribution in [0, 0.1) is 75.4 Å². The van der Waals surface area contributed by atoms with Crippen molar-refractivity contribution in [1.82, 2.24) is 0 Å². The van der Waals surface area contributed by atoms with Crippen molar-refractivity contribution >= 4 is 0 Å². The molecule has 4 fully saturated rings. The number of hydrogen-bond donors (Lipinski definition) is 0. The summed E-state index contributed by atoms with van der Waals surface area (Å²) in [5.41, 5.74) is 1.47. The minimum Gasteiger partial charge on any atom is -0.0622 e. The van der Waals surface area contributed by atoms with Gasteiger partial charge < -0.3 is 0 Å². The van der Waals surface area contributed by atoms with E-state index in [1.165, 1.54) is 51.4 Å². The van der Waals surface area contributed by atoms with Crippen molar-refractivity contribution in [3.8, 4) is 0 Å². The lowest BCUT2D eigenvalue weighted by atomic mass is 9.55. The van der Waals surface area contributed by atoms with Crippen LogP contribution in [-0.4, -0.2) is 0 Å². The Morgan fingerprint density at radius 2 is 0.903 bits per heavy atom. The molecule has 31 heavy (non-hydrogen) atoms. The van der Waals surface area contributed by atoms with Crippen LogP contribution in [0.2, 0.25) is 0 Å². The zero-order valence-corrected chi connectivity index (χ0v) is 22.9. The smallest absolute Gasteiger partial charge is 0.0292 e. The summed E-state index contributed by atoms with van der Waals surface area (Å²) in [5.74, 6) is 9.63. The Hall–Kier alpha value is 0. The molecule has 0 aliphatic heterocycles. The maximum Gasteiger partial charge on any atom is -0.0292 e. The van der Waals surface area contributed by atoms with Crippen molar-refractivity contribution in [3.05, 3.63) is 0 Å². The average Bonchev–Trinajstić information content (AvgIpc) is 3.24. The van der Waals surface area contributed by atoms with Gasteiger partial charge in [0, 0.05) is 0 Å². The highest BCUT2D eigenvalue weighted by atomic mass is 14.7. The molecule has 8 atom stereocenters. The first-order valence-corrected chi connectivity index (χ1v) is 14.2. The maximum absolute atomic E-state index is 2.73. The van der Waals surface area contributed by atoms with Crippen LogP contribution in [0.4, 0.5) is 0 Å². The molecule has 4 aliphatic rings. The minimum atomic E-state index is 0.463. The molecule has 180 valence electrons. The van der Waals surface area contributed by atoms with Gasteiger partial charge in [-0.15, -0.1) is 0 Å². The van der Waals surface area contributed by atoms with Crippen molar-refractivity contribution in [2.45, 2.75) is 121 Å². The van der Waals surface area contributed by atoms with E-state index < -0.39 is 0 Å². The fraction of sp³-hybridized carbons (Fsp3) is 1.00. The average molecular weight is 429 g/mol. The normalized spacial score (nSPS) is 44.9. The van der Waals surface area contributed by atoms with E-state index in [9.17, 15) is 0 Å². The number of rotatable bonds is 2. The lowest BCUT2D eigenvalue weighted by Crippen LogP contribution is -2.43. The Labute approximate surface area is 196 Å². The minimum absolute atomic E-state index is 0.463. The third-order valence-corrected chi connectivity index (χ3v) is 11.8. The highest BCUT2D eigenvalue weighted by Crippen LogP contribution is 2.68. The molecule has 0 bridgehead atoms. The monoisotopic (exact) mass is 428 g/mol. The predicted octanol–water partition coefficient (Wildman–Crippen LogP) is 9.48. The summed E-state index contributed by atoms with van der Waals surface area (Å²) >= 11 is 0. The van der Waals surface area contributed by atoms with Crippen molar-refractivity contribution in [2.75, 3.05) is 0 Å². The third-order valence-electron chi connectivity index (χ3n) is 11.8. The first kappa shape index (κ1) is 24.1. The standard InChI is InChI=1S/C31H56/c1-19-15-24-22(17-26(19)29(3,4)5)23-18-27(30(6,7)8)20(2)16-25(23)28(24)31(9,10)21-13-11-12-14-21/h19-28H,11-18H2,1-10H3. The van der Waals surface area contributed by atoms with E-state index >= 15 is 0 Å². The van der Waals surface area contributed by atoms with E-state index in [1.54, 1.807) is 0 Å². The van der Waals surface area contributed by atoms with Gasteiger partial charge in [0.25, 0.3) is 0 Å². The Morgan fingerprint density at radius 1 is 0.516 bits per heavy atom. The second-order valence-electron chi connectivity index (χ2n) is 15.8. The van der Waals surface area contributed by atoms with Crippen LogP contribution in [0.15, 0.2) is 0 Å². The fourth-order valence-corrected chi connectivity index (χ4v) is 10.5. The zero-order valence-electron chi connectivity index (χ0n) is 22.9. The Morgan fingerprint density at radius 3 is 1.26 bits per heavy atom. The van der Waals surface area contributed by atoms with Gasteiger partial charge in [0.1, 0.15) is 0 Å². The quantitative estimate of drug-likeness (QED) is 0.410. The Balaban J connectivity index is 1.70. The van der Waals surface area contributed by atoms with Gasteiger partial charge in [0.15, 0.2) is 0 Å². The molecule has 0 N–H and O–H groups in total. The van der Waals surface area contributed by atoms with Crippen LogP contribution in [0.3, 0.4) is 0 Å². The first-order chi connectivity index (χ1) is 14.2. The summed E-state index contributed by atoms with van der Waals surface area (Å²) in [6.45, 7) is 25.9. The van der Waals surface area contributed by atoms with Gasteiger partial charge in [-0.3, -0.25) is 0 Å². The van der Waals surface area contributed by atoms with Gasteiger partial charge in [-0.1, -0.05) is 82.1 Å². The fourth-order valence-electron chi connectivity index (χ4n) is 10.5. The van der Waals surface area contributed by atoms with Crippen LogP contribution in [0.25, 0.3) is 0 Å². The van der Waals surface area contributed by atoms with Crippen molar-refractivity contribution in [1.29, 1.82) is 0 Å². The summed E-state index contributed by atoms with van der Waals surface area (Å²) in [4.78, 5) is 0. The molecule has 0 aromatic carbocycles. The van der Waals surface area contributed by atoms with Gasteiger partial charge in [-0.25, -0.2) is 0 Å². The van der Waals surface area contributed by atoms with E-state index in [1.807, 2.05) is 0 Å². The molecule has 0 heteroatoms. The van der Waals surface area contributed by atoms with E-state index in [0.717, 1.165) is 59.2 Å². The van der Waals surface area contributed by atoms with Gasteiger partial charge in [0.2, 0.25) is 0 Å². The van der Waals surface area contributed by atoms with Crippen LogP contribution >= 0.6 is 0 Å². The van der Waals surface area contributed by atoms with E-state index in [0.29, 0.717) is 16.2 Å². The molecule has 0 aromatic rings. The second kappa shape index (κ2) is 8.05. The molecule has 0 amide bonds. The molecular weight excluding hydrogens is 372 g/mol. The summed E-state index contributed by atoms with van der Waals surface area (Å²) in [6, 6.07) is 0. The topological polar surface area (TPSA) is 0 Å². The van der Waals surface area contributed by atoms with Crippen LogP contribution < -0.4 is 0 Å². The molecule has 0 heterocycles.